The van der Waals surface area contributed by atoms with Gasteiger partial charge in [0.1, 0.15) is 0 Å². The third-order valence-corrected chi connectivity index (χ3v) is 0.303. The molecule has 0 N–H and O–H groups in total. The van der Waals surface area contributed by atoms with Crippen molar-refractivity contribution in [1.29, 1.82) is 0 Å². The van der Waals surface area contributed by atoms with Gasteiger partial charge >= 0.3 is 58.2 Å². The zero-order chi connectivity index (χ0) is 4.99. The van der Waals surface area contributed by atoms with Crippen LogP contribution in [0.2, 0.25) is 0 Å². The monoisotopic (exact) mass is 170 g/mol. The molecule has 0 rings (SSSR count). The molecule has 2 nitrogen and oxygen atoms in total. The van der Waals surface area contributed by atoms with Gasteiger partial charge in [0.25, 0.3) is 0 Å². The molecule has 7 heavy (non-hydrogen) atoms. The van der Waals surface area contributed by atoms with Crippen LogP contribution in [0.5, 0.6) is 0 Å². The number of carbonyl (C=O) groups is 1. The third-order valence-electron chi connectivity index (χ3n) is 0.303. The van der Waals surface area contributed by atoms with Crippen molar-refractivity contribution in [3.63, 3.8) is 0 Å². The Morgan fingerprint density at radius 3 is 2.14 bits per heavy atom. The van der Waals surface area contributed by atoms with E-state index < -0.39 is 5.97 Å². The zero-order valence-electron chi connectivity index (χ0n) is 4.47. The van der Waals surface area contributed by atoms with Gasteiger partial charge in [-0.2, -0.15) is 0 Å². The summed E-state index contributed by atoms with van der Waals surface area (Å²) in [6, 6.07) is 0. The van der Waals surface area contributed by atoms with Crippen LogP contribution >= 0.6 is 0 Å². The Labute approximate surface area is 91.4 Å². The number of carboxylic acids is 1. The molecule has 0 saturated heterocycles. The van der Waals surface area contributed by atoms with Gasteiger partial charge in [-0.3, -0.25) is 0 Å². The topological polar surface area (TPSA) is 40.1 Å². The molecule has 0 aliphatic carbocycles. The normalized spacial score (nSPS) is 8.14. The van der Waals surface area contributed by atoms with Gasteiger partial charge < -0.3 is 9.90 Å². The second-order valence-corrected chi connectivity index (χ2v) is 0.819. The van der Waals surface area contributed by atoms with Crippen LogP contribution in [0.4, 0.5) is 0 Å². The number of rotatable bonds is 1. The molecule has 0 radical (unpaired) electrons. The summed E-state index contributed by atoms with van der Waals surface area (Å²) in [7, 11) is 0. The second kappa shape index (κ2) is 7.02. The van der Waals surface area contributed by atoms with Crippen molar-refractivity contribution in [1.82, 2.24) is 0 Å². The fourth-order valence-electron chi connectivity index (χ4n) is 0.136. The van der Waals surface area contributed by atoms with Crippen molar-refractivity contribution in [3.05, 3.63) is 12.2 Å². The Kier molecular flexibility index (Phi) is 10.9. The minimum atomic E-state index is -1.14. The minimum absolute atomic E-state index is 0. The van der Waals surface area contributed by atoms with E-state index in [0.717, 1.165) is 6.08 Å². The molecular formula is C4H5O2Rb. The van der Waals surface area contributed by atoms with E-state index in [1.807, 2.05) is 0 Å². The molecule has 0 atom stereocenters. The Balaban J connectivity index is 0. The first-order valence-electron chi connectivity index (χ1n) is 1.61. The van der Waals surface area contributed by atoms with Crippen molar-refractivity contribution in [2.45, 2.75) is 6.92 Å². The Bertz CT molecular complexity index is 77.8. The van der Waals surface area contributed by atoms with Gasteiger partial charge in [-0.1, -0.05) is 6.08 Å². The number of aliphatic carboxylic acids is 1. The van der Waals surface area contributed by atoms with Crippen molar-refractivity contribution in [2.24, 2.45) is 0 Å². The predicted molar refractivity (Wildman–Crippen MR) is 19.8 cm³/mol. The molecule has 0 fully saturated rings. The van der Waals surface area contributed by atoms with E-state index in [0.29, 0.717) is 0 Å². The second-order valence-electron chi connectivity index (χ2n) is 0.819. The van der Waals surface area contributed by atoms with Crippen LogP contribution in [0.3, 0.4) is 0 Å². The maximum absolute atomic E-state index is 9.40. The van der Waals surface area contributed by atoms with Gasteiger partial charge in [0.05, 0.1) is 5.97 Å². The largest absolute Gasteiger partial charge is 1.00 e. The van der Waals surface area contributed by atoms with Crippen molar-refractivity contribution in [2.75, 3.05) is 0 Å². The number of hydrogen-bond donors (Lipinski definition) is 0. The molecule has 0 aromatic rings. The molecule has 0 bridgehead atoms. The van der Waals surface area contributed by atoms with Crippen LogP contribution in [0.15, 0.2) is 12.2 Å². The summed E-state index contributed by atoms with van der Waals surface area (Å²) < 4.78 is 0. The van der Waals surface area contributed by atoms with Crippen molar-refractivity contribution < 1.29 is 68.1 Å². The van der Waals surface area contributed by atoms with Crippen molar-refractivity contribution >= 4 is 5.97 Å². The summed E-state index contributed by atoms with van der Waals surface area (Å²) in [5, 5.41) is 9.40. The number of allylic oxidation sites excluding steroid dienone is 1. The predicted octanol–water partition coefficient (Wildman–Crippen LogP) is -3.68. The first kappa shape index (κ1) is 10.9. The first-order chi connectivity index (χ1) is 2.77. The van der Waals surface area contributed by atoms with E-state index in [1.165, 1.54) is 6.08 Å². The Morgan fingerprint density at radius 1 is 1.71 bits per heavy atom. The third kappa shape index (κ3) is 10.9. The maximum atomic E-state index is 9.40. The molecule has 0 amide bonds. The van der Waals surface area contributed by atoms with Crippen LogP contribution in [0.1, 0.15) is 6.92 Å². The van der Waals surface area contributed by atoms with Crippen LogP contribution in [0.25, 0.3) is 0 Å². The summed E-state index contributed by atoms with van der Waals surface area (Å²) in [5.41, 5.74) is 0. The van der Waals surface area contributed by atoms with Gasteiger partial charge in [-0.15, -0.1) is 0 Å². The molecule has 34 valence electrons. The maximum Gasteiger partial charge on any atom is 1.00 e. The summed E-state index contributed by atoms with van der Waals surface area (Å²) in [6.07, 6.45) is 2.38. The molecule has 3 heteroatoms. The minimum Gasteiger partial charge on any atom is -0.545 e. The first-order valence-corrected chi connectivity index (χ1v) is 1.61. The molecule has 0 aliphatic rings. The van der Waals surface area contributed by atoms with E-state index >= 15 is 0 Å². The number of carbonyl (C=O) groups excluding carboxylic acids is 1. The van der Waals surface area contributed by atoms with E-state index in [-0.39, 0.29) is 58.2 Å². The van der Waals surface area contributed by atoms with Crippen LogP contribution in [0, 0.1) is 0 Å². The van der Waals surface area contributed by atoms with Gasteiger partial charge in [0, 0.05) is 0 Å². The summed E-state index contributed by atoms with van der Waals surface area (Å²) in [6.45, 7) is 1.62. The average Bonchev–Trinajstić information content (AvgIpc) is 1.35. The van der Waals surface area contributed by atoms with E-state index in [9.17, 15) is 9.90 Å². The average molecular weight is 171 g/mol. The molecule has 0 aliphatic heterocycles. The summed E-state index contributed by atoms with van der Waals surface area (Å²) in [5.74, 6) is -1.14. The number of carboxylic acid groups (broad SMARTS) is 1. The quantitative estimate of drug-likeness (QED) is 0.381. The molecular weight excluding hydrogens is 166 g/mol. The van der Waals surface area contributed by atoms with Crippen LogP contribution in [-0.2, 0) is 4.79 Å². The molecule has 0 aromatic carbocycles. The SMILES string of the molecule is CC=CC(=O)[O-].[Rb+]. The van der Waals surface area contributed by atoms with Gasteiger partial charge in [-0.25, -0.2) is 0 Å². The smallest absolute Gasteiger partial charge is 0.545 e. The fourth-order valence-corrected chi connectivity index (χ4v) is 0.136. The molecule has 0 spiro atoms. The van der Waals surface area contributed by atoms with Gasteiger partial charge in [0.15, 0.2) is 0 Å². The summed E-state index contributed by atoms with van der Waals surface area (Å²) in [4.78, 5) is 9.40. The summed E-state index contributed by atoms with van der Waals surface area (Å²) >= 11 is 0. The fraction of sp³-hybridized carbons (Fsp3) is 0.250. The van der Waals surface area contributed by atoms with Crippen molar-refractivity contribution in [3.8, 4) is 0 Å². The molecule has 0 aromatic heterocycles. The Hall–Kier alpha value is 1.02. The molecule has 0 saturated carbocycles. The zero-order valence-corrected chi connectivity index (χ0v) is 9.39. The number of hydrogen-bond acceptors (Lipinski definition) is 2. The van der Waals surface area contributed by atoms with Crippen LogP contribution < -0.4 is 63.3 Å². The molecule has 0 heterocycles. The van der Waals surface area contributed by atoms with E-state index in [1.54, 1.807) is 6.92 Å². The van der Waals surface area contributed by atoms with E-state index in [2.05, 4.69) is 0 Å². The Morgan fingerprint density at radius 2 is 2.14 bits per heavy atom. The van der Waals surface area contributed by atoms with Gasteiger partial charge in [-0.05, 0) is 13.0 Å². The standard InChI is InChI=1S/C4H6O2.Rb/c1-2-3-4(5)6;/h2-3H,1H3,(H,5,6);/q;+1/p-1. The van der Waals surface area contributed by atoms with E-state index in [4.69, 9.17) is 0 Å². The molecule has 0 unspecified atom stereocenters. The van der Waals surface area contributed by atoms with Gasteiger partial charge in [0.2, 0.25) is 0 Å². The van der Waals surface area contributed by atoms with Crippen LogP contribution in [-0.4, -0.2) is 5.97 Å².